The van der Waals surface area contributed by atoms with Crippen LogP contribution in [-0.2, 0) is 11.2 Å². The zero-order valence-electron chi connectivity index (χ0n) is 16.0. The number of ketones is 1. The molecular weight excluding hydrogens is 376 g/mol. The number of Topliss-reactive ketones (excluding diaryl/α,β-unsaturated/α-hetero) is 1. The molecule has 0 unspecified atom stereocenters. The standard InChI is InChI=1S/C22H26O5S/c1-3-28-20-21(25,14-16-10-6-4-7-11-16)22(26,18(23)15(2)27-20)19(24)17-12-8-5-9-13-17/h4-13,15,18,20,23,25-26H,3,14H2,1-2H3/t15-,18+,20+,21+,22-/m1/s1. The molecule has 0 aliphatic carbocycles. The van der Waals surface area contributed by atoms with Crippen LogP contribution in [0.15, 0.2) is 60.7 Å². The summed E-state index contributed by atoms with van der Waals surface area (Å²) in [6, 6.07) is 17.4. The van der Waals surface area contributed by atoms with Crippen LogP contribution in [-0.4, -0.2) is 55.7 Å². The number of hydrogen-bond donors (Lipinski definition) is 3. The van der Waals surface area contributed by atoms with Gasteiger partial charge in [-0.25, -0.2) is 0 Å². The molecule has 0 amide bonds. The van der Waals surface area contributed by atoms with Gasteiger partial charge in [-0.05, 0) is 18.2 Å². The summed E-state index contributed by atoms with van der Waals surface area (Å²) in [5.74, 6) is -0.101. The molecule has 5 nitrogen and oxygen atoms in total. The fraction of sp³-hybridized carbons (Fsp3) is 0.409. The molecule has 0 saturated carbocycles. The zero-order chi connectivity index (χ0) is 20.4. The van der Waals surface area contributed by atoms with Crippen molar-refractivity contribution in [2.75, 3.05) is 5.75 Å². The van der Waals surface area contributed by atoms with Gasteiger partial charge in [0, 0.05) is 12.0 Å². The lowest BCUT2D eigenvalue weighted by molar-refractivity contribution is -0.271. The average Bonchev–Trinajstić information content (AvgIpc) is 2.72. The molecule has 150 valence electrons. The second kappa shape index (κ2) is 8.35. The SMILES string of the molecule is CCS[C@@H]1O[C@H](C)[C@H](O)[C@@](O)(C(=O)c2ccccc2)[C@]1(O)Cc1ccccc1. The molecule has 1 heterocycles. The molecule has 0 radical (unpaired) electrons. The maximum atomic E-state index is 13.4. The van der Waals surface area contributed by atoms with Crippen molar-refractivity contribution < 1.29 is 24.9 Å². The van der Waals surface area contributed by atoms with Crippen LogP contribution in [0.3, 0.4) is 0 Å². The van der Waals surface area contributed by atoms with Crippen LogP contribution in [0, 0.1) is 0 Å². The van der Waals surface area contributed by atoms with Gasteiger partial charge in [0.1, 0.15) is 17.1 Å². The lowest BCUT2D eigenvalue weighted by Crippen LogP contribution is -2.76. The van der Waals surface area contributed by atoms with Gasteiger partial charge in [0.05, 0.1) is 6.10 Å². The molecule has 0 bridgehead atoms. The van der Waals surface area contributed by atoms with E-state index in [2.05, 4.69) is 0 Å². The summed E-state index contributed by atoms with van der Waals surface area (Å²) in [7, 11) is 0. The number of carbonyl (C=O) groups is 1. The van der Waals surface area contributed by atoms with Crippen LogP contribution >= 0.6 is 11.8 Å². The third kappa shape index (κ3) is 3.51. The number of hydrogen-bond acceptors (Lipinski definition) is 6. The Balaban J connectivity index is 2.13. The summed E-state index contributed by atoms with van der Waals surface area (Å²) in [6.07, 6.45) is -2.44. The van der Waals surface area contributed by atoms with Gasteiger partial charge in [-0.2, -0.15) is 0 Å². The second-order valence-electron chi connectivity index (χ2n) is 7.12. The van der Waals surface area contributed by atoms with Crippen LogP contribution in [0.4, 0.5) is 0 Å². The summed E-state index contributed by atoms with van der Waals surface area (Å²) in [4.78, 5) is 13.4. The first-order valence-electron chi connectivity index (χ1n) is 9.38. The minimum Gasteiger partial charge on any atom is -0.387 e. The fourth-order valence-corrected chi connectivity index (χ4v) is 4.85. The lowest BCUT2D eigenvalue weighted by Gasteiger charge is -2.54. The van der Waals surface area contributed by atoms with Crippen molar-refractivity contribution in [1.29, 1.82) is 0 Å². The normalized spacial score (nSPS) is 32.8. The Morgan fingerprint density at radius 3 is 2.21 bits per heavy atom. The van der Waals surface area contributed by atoms with Gasteiger partial charge in [0.2, 0.25) is 0 Å². The maximum absolute atomic E-state index is 13.4. The van der Waals surface area contributed by atoms with Crippen molar-refractivity contribution in [2.24, 2.45) is 0 Å². The predicted molar refractivity (Wildman–Crippen MR) is 109 cm³/mol. The Morgan fingerprint density at radius 1 is 1.07 bits per heavy atom. The maximum Gasteiger partial charge on any atom is 0.200 e. The molecule has 1 aliphatic heterocycles. The van der Waals surface area contributed by atoms with Crippen molar-refractivity contribution in [3.8, 4) is 0 Å². The van der Waals surface area contributed by atoms with Crippen LogP contribution in [0.5, 0.6) is 0 Å². The van der Waals surface area contributed by atoms with E-state index in [-0.39, 0.29) is 12.0 Å². The Labute approximate surface area is 169 Å². The molecule has 1 saturated heterocycles. The molecule has 3 rings (SSSR count). The molecule has 1 fully saturated rings. The van der Waals surface area contributed by atoms with Crippen LogP contribution in [0.25, 0.3) is 0 Å². The summed E-state index contributed by atoms with van der Waals surface area (Å²) >= 11 is 1.30. The third-order valence-corrected chi connectivity index (χ3v) is 6.41. The zero-order valence-corrected chi connectivity index (χ0v) is 16.8. The average molecular weight is 403 g/mol. The summed E-state index contributed by atoms with van der Waals surface area (Å²) in [5.41, 5.74) is -4.36. The van der Waals surface area contributed by atoms with Gasteiger partial charge in [0.25, 0.3) is 0 Å². The summed E-state index contributed by atoms with van der Waals surface area (Å²) in [6.45, 7) is 3.50. The summed E-state index contributed by atoms with van der Waals surface area (Å²) in [5, 5.41) is 34.3. The van der Waals surface area contributed by atoms with E-state index in [4.69, 9.17) is 4.74 Å². The highest BCUT2D eigenvalue weighted by Gasteiger charge is 2.67. The predicted octanol–water partition coefficient (Wildman–Crippen LogP) is 2.43. The van der Waals surface area contributed by atoms with E-state index in [1.54, 1.807) is 37.3 Å². The molecule has 2 aromatic rings. The second-order valence-corrected chi connectivity index (χ2v) is 8.46. The smallest absolute Gasteiger partial charge is 0.200 e. The highest BCUT2D eigenvalue weighted by Crippen LogP contribution is 2.46. The minimum absolute atomic E-state index is 0.0373. The van der Waals surface area contributed by atoms with E-state index in [0.717, 1.165) is 5.56 Å². The summed E-state index contributed by atoms with van der Waals surface area (Å²) < 4.78 is 5.86. The van der Waals surface area contributed by atoms with Gasteiger partial charge in [-0.3, -0.25) is 4.79 Å². The van der Waals surface area contributed by atoms with Crippen LogP contribution in [0.2, 0.25) is 0 Å². The van der Waals surface area contributed by atoms with Crippen LogP contribution in [0.1, 0.15) is 29.8 Å². The molecule has 6 heteroatoms. The minimum atomic E-state index is -2.42. The van der Waals surface area contributed by atoms with E-state index in [1.807, 2.05) is 37.3 Å². The highest BCUT2D eigenvalue weighted by atomic mass is 32.2. The molecule has 0 aromatic heterocycles. The van der Waals surface area contributed by atoms with E-state index >= 15 is 0 Å². The van der Waals surface area contributed by atoms with E-state index < -0.39 is 34.6 Å². The number of aliphatic hydroxyl groups excluding tert-OH is 1. The number of carbonyl (C=O) groups excluding carboxylic acids is 1. The topological polar surface area (TPSA) is 87.0 Å². The Morgan fingerprint density at radius 2 is 1.64 bits per heavy atom. The first-order valence-corrected chi connectivity index (χ1v) is 10.4. The molecule has 0 spiro atoms. The monoisotopic (exact) mass is 402 g/mol. The van der Waals surface area contributed by atoms with Crippen molar-refractivity contribution in [1.82, 2.24) is 0 Å². The van der Waals surface area contributed by atoms with Gasteiger partial charge < -0.3 is 20.1 Å². The number of benzene rings is 2. The Kier molecular flexibility index (Phi) is 6.27. The number of ether oxygens (including phenoxy) is 1. The largest absolute Gasteiger partial charge is 0.387 e. The molecule has 3 N–H and O–H groups in total. The molecular formula is C22H26O5S. The van der Waals surface area contributed by atoms with Gasteiger partial charge in [-0.15, -0.1) is 11.8 Å². The van der Waals surface area contributed by atoms with Crippen molar-refractivity contribution >= 4 is 17.5 Å². The van der Waals surface area contributed by atoms with Crippen molar-refractivity contribution in [3.05, 3.63) is 71.8 Å². The van der Waals surface area contributed by atoms with Crippen LogP contribution < -0.4 is 0 Å². The molecule has 28 heavy (non-hydrogen) atoms. The molecule has 1 aliphatic rings. The number of thioether (sulfide) groups is 1. The first kappa shape index (κ1) is 21.0. The number of rotatable bonds is 6. The van der Waals surface area contributed by atoms with Gasteiger partial charge in [-0.1, -0.05) is 67.6 Å². The number of aliphatic hydroxyl groups is 3. The van der Waals surface area contributed by atoms with E-state index in [9.17, 15) is 20.1 Å². The highest BCUT2D eigenvalue weighted by molar-refractivity contribution is 7.99. The molecule has 5 atom stereocenters. The van der Waals surface area contributed by atoms with Crippen molar-refractivity contribution in [2.45, 2.75) is 49.1 Å². The quantitative estimate of drug-likeness (QED) is 0.644. The first-order chi connectivity index (χ1) is 13.3. The van der Waals surface area contributed by atoms with E-state index in [0.29, 0.717) is 5.75 Å². The third-order valence-electron chi connectivity index (χ3n) is 5.28. The Bertz CT molecular complexity index is 799. The van der Waals surface area contributed by atoms with E-state index in [1.165, 1.54) is 11.8 Å². The lowest BCUT2D eigenvalue weighted by atomic mass is 9.68. The van der Waals surface area contributed by atoms with Gasteiger partial charge in [0.15, 0.2) is 11.4 Å². The van der Waals surface area contributed by atoms with Crippen molar-refractivity contribution in [3.63, 3.8) is 0 Å². The van der Waals surface area contributed by atoms with Gasteiger partial charge >= 0.3 is 0 Å². The Hall–Kier alpha value is -1.70. The molecule has 2 aromatic carbocycles. The fourth-order valence-electron chi connectivity index (χ4n) is 3.75.